The van der Waals surface area contributed by atoms with Crippen LogP contribution in [0, 0.1) is 0 Å². The van der Waals surface area contributed by atoms with E-state index in [1.54, 1.807) is 7.11 Å². The molecule has 0 radical (unpaired) electrons. The molecule has 4 N–H and O–H groups in total. The van der Waals surface area contributed by atoms with Gasteiger partial charge in [0.1, 0.15) is 0 Å². The molecule has 1 aliphatic heterocycles. The summed E-state index contributed by atoms with van der Waals surface area (Å²) < 4.78 is 4.92. The zero-order valence-corrected chi connectivity index (χ0v) is 13.1. The highest BCUT2D eigenvalue weighted by Gasteiger charge is 2.29. The number of hydrogen-bond acceptors (Lipinski definition) is 9. The van der Waals surface area contributed by atoms with Gasteiger partial charge in [0.15, 0.2) is 11.0 Å². The van der Waals surface area contributed by atoms with Crippen molar-refractivity contribution >= 4 is 23.4 Å². The Labute approximate surface area is 133 Å². The summed E-state index contributed by atoms with van der Waals surface area (Å²) in [6, 6.07) is -0.138. The van der Waals surface area contributed by atoms with Crippen LogP contribution in [-0.4, -0.2) is 88.9 Å². The first-order valence-electron chi connectivity index (χ1n) is 6.97. The Morgan fingerprint density at radius 1 is 1.45 bits per heavy atom. The van der Waals surface area contributed by atoms with Crippen molar-refractivity contribution in [2.75, 3.05) is 57.1 Å². The van der Waals surface area contributed by atoms with Crippen molar-refractivity contribution in [1.82, 2.24) is 20.1 Å². The molecule has 1 saturated heterocycles. The third-order valence-corrected chi connectivity index (χ3v) is 3.83. The maximum atomic E-state index is 9.84. The van der Waals surface area contributed by atoms with Gasteiger partial charge in [0.2, 0.25) is 5.95 Å². The summed E-state index contributed by atoms with van der Waals surface area (Å²) in [4.78, 5) is 8.02. The van der Waals surface area contributed by atoms with Crippen molar-refractivity contribution in [2.24, 2.45) is 0 Å². The lowest BCUT2D eigenvalue weighted by molar-refractivity contribution is 0.0140. The van der Waals surface area contributed by atoms with E-state index < -0.39 is 6.10 Å². The first kappa shape index (κ1) is 17.1. The third-order valence-electron chi connectivity index (χ3n) is 3.56. The second-order valence-electron chi connectivity index (χ2n) is 5.17. The number of β-amino-alcohol motifs (C(OH)–C–C–N with tert-alkyl or cyclic N) is 1. The maximum absolute atomic E-state index is 9.84. The number of anilines is 2. The lowest BCUT2D eigenvalue weighted by Gasteiger charge is -2.41. The summed E-state index contributed by atoms with van der Waals surface area (Å²) >= 11 is 5.72. The minimum absolute atomic E-state index is 0.0350. The van der Waals surface area contributed by atoms with Crippen LogP contribution in [0.5, 0.6) is 0 Å². The van der Waals surface area contributed by atoms with E-state index in [4.69, 9.17) is 22.1 Å². The zero-order valence-electron chi connectivity index (χ0n) is 12.4. The van der Waals surface area contributed by atoms with Crippen LogP contribution in [0.3, 0.4) is 0 Å². The van der Waals surface area contributed by atoms with Crippen molar-refractivity contribution in [3.05, 3.63) is 5.15 Å². The first-order chi connectivity index (χ1) is 10.5. The van der Waals surface area contributed by atoms with Crippen LogP contribution in [0.1, 0.15) is 0 Å². The predicted molar refractivity (Wildman–Crippen MR) is 81.8 cm³/mol. The van der Waals surface area contributed by atoms with Gasteiger partial charge >= 0.3 is 0 Å². The van der Waals surface area contributed by atoms with E-state index >= 15 is 0 Å². The second kappa shape index (κ2) is 7.84. The molecule has 0 aromatic carbocycles. The highest BCUT2D eigenvalue weighted by atomic mass is 35.5. The van der Waals surface area contributed by atoms with Gasteiger partial charge in [-0.1, -0.05) is 11.6 Å². The SMILES string of the molecule is COC[C@@H](O)CN1CCN(c2nnc(Cl)c(N)n2)C[C@H]1CO. The van der Waals surface area contributed by atoms with Crippen LogP contribution in [0.2, 0.25) is 5.15 Å². The molecule has 0 bridgehead atoms. The van der Waals surface area contributed by atoms with Gasteiger partial charge in [-0.2, -0.15) is 4.98 Å². The van der Waals surface area contributed by atoms with Gasteiger partial charge in [0, 0.05) is 33.3 Å². The van der Waals surface area contributed by atoms with E-state index in [0.717, 1.165) is 0 Å². The Balaban J connectivity index is 2.00. The van der Waals surface area contributed by atoms with Gasteiger partial charge in [-0.05, 0) is 0 Å². The standard InChI is InChI=1S/C12H21ClN6O3/c1-22-7-9(21)5-18-2-3-19(4-8(18)6-20)12-15-11(14)10(13)16-17-12/h8-9,20-21H,2-7H2,1H3,(H2,14,15,17)/t8-,9-/m0/s1. The summed E-state index contributed by atoms with van der Waals surface area (Å²) in [6.07, 6.45) is -0.588. The second-order valence-corrected chi connectivity index (χ2v) is 5.53. The number of aromatic nitrogens is 3. The molecule has 0 unspecified atom stereocenters. The molecule has 0 amide bonds. The van der Waals surface area contributed by atoms with Crippen LogP contribution >= 0.6 is 11.6 Å². The minimum Gasteiger partial charge on any atom is -0.395 e. The van der Waals surface area contributed by atoms with Gasteiger partial charge in [-0.25, -0.2) is 0 Å². The van der Waals surface area contributed by atoms with Crippen LogP contribution in [-0.2, 0) is 4.74 Å². The largest absolute Gasteiger partial charge is 0.395 e. The summed E-state index contributed by atoms with van der Waals surface area (Å²) in [5.74, 6) is 0.516. The van der Waals surface area contributed by atoms with Crippen LogP contribution < -0.4 is 10.6 Å². The fourth-order valence-corrected chi connectivity index (χ4v) is 2.53. The van der Waals surface area contributed by atoms with Crippen LogP contribution in [0.15, 0.2) is 0 Å². The molecule has 10 heteroatoms. The molecular weight excluding hydrogens is 312 g/mol. The van der Waals surface area contributed by atoms with E-state index in [2.05, 4.69) is 15.2 Å². The Morgan fingerprint density at radius 2 is 2.23 bits per heavy atom. The number of piperazine rings is 1. The number of aliphatic hydroxyl groups is 2. The maximum Gasteiger partial charge on any atom is 0.247 e. The number of nitrogens with zero attached hydrogens (tertiary/aromatic N) is 5. The molecular formula is C12H21ClN6O3. The molecule has 1 aliphatic rings. The average molecular weight is 333 g/mol. The number of halogens is 1. The number of nitrogens with two attached hydrogens (primary N) is 1. The molecule has 0 aliphatic carbocycles. The molecule has 0 spiro atoms. The first-order valence-corrected chi connectivity index (χ1v) is 7.35. The molecule has 9 nitrogen and oxygen atoms in total. The van der Waals surface area contributed by atoms with Gasteiger partial charge in [-0.15, -0.1) is 10.2 Å². The fraction of sp³-hybridized carbons (Fsp3) is 0.750. The Morgan fingerprint density at radius 3 is 2.86 bits per heavy atom. The monoisotopic (exact) mass is 332 g/mol. The normalized spacial score (nSPS) is 21.1. The minimum atomic E-state index is -0.588. The van der Waals surface area contributed by atoms with E-state index in [1.807, 2.05) is 9.80 Å². The molecule has 22 heavy (non-hydrogen) atoms. The molecule has 124 valence electrons. The summed E-state index contributed by atoms with van der Waals surface area (Å²) in [5, 5.41) is 27.2. The fourth-order valence-electron chi connectivity index (χ4n) is 2.45. The van der Waals surface area contributed by atoms with Crippen molar-refractivity contribution < 1.29 is 14.9 Å². The third kappa shape index (κ3) is 4.14. The zero-order chi connectivity index (χ0) is 16.1. The average Bonchev–Trinajstić information content (AvgIpc) is 2.50. The molecule has 0 saturated carbocycles. The van der Waals surface area contributed by atoms with Gasteiger partial charge < -0.3 is 25.6 Å². The number of ether oxygens (including phenoxy) is 1. The topological polar surface area (TPSA) is 121 Å². The number of nitrogen functional groups attached to an aromatic ring is 1. The van der Waals surface area contributed by atoms with Crippen LogP contribution in [0.4, 0.5) is 11.8 Å². The molecule has 1 aromatic rings. The Kier molecular flexibility index (Phi) is 6.09. The molecule has 2 rings (SSSR count). The van der Waals surface area contributed by atoms with Gasteiger partial charge in [0.05, 0.1) is 25.4 Å². The number of rotatable bonds is 6. The highest BCUT2D eigenvalue weighted by Crippen LogP contribution is 2.18. The van der Waals surface area contributed by atoms with Crippen molar-refractivity contribution in [3.8, 4) is 0 Å². The van der Waals surface area contributed by atoms with Crippen molar-refractivity contribution in [1.29, 1.82) is 0 Å². The Bertz CT molecular complexity index is 494. The summed E-state index contributed by atoms with van der Waals surface area (Å²) in [7, 11) is 1.54. The summed E-state index contributed by atoms with van der Waals surface area (Å²) in [5.41, 5.74) is 5.64. The quantitative estimate of drug-likeness (QED) is 0.577. The lowest BCUT2D eigenvalue weighted by atomic mass is 10.1. The number of aliphatic hydroxyl groups excluding tert-OH is 2. The van der Waals surface area contributed by atoms with E-state index in [0.29, 0.717) is 32.1 Å². The smallest absolute Gasteiger partial charge is 0.247 e. The molecule has 1 fully saturated rings. The van der Waals surface area contributed by atoms with Crippen molar-refractivity contribution in [2.45, 2.75) is 12.1 Å². The van der Waals surface area contributed by atoms with Gasteiger partial charge in [-0.3, -0.25) is 4.90 Å². The molecule has 2 atom stereocenters. The number of methoxy groups -OCH3 is 1. The Hall–Kier alpha value is -1.26. The van der Waals surface area contributed by atoms with E-state index in [-0.39, 0.29) is 30.2 Å². The molecule has 2 heterocycles. The summed E-state index contributed by atoms with van der Waals surface area (Å²) in [6.45, 7) is 2.47. The van der Waals surface area contributed by atoms with Crippen LogP contribution in [0.25, 0.3) is 0 Å². The van der Waals surface area contributed by atoms with E-state index in [1.165, 1.54) is 0 Å². The van der Waals surface area contributed by atoms with Crippen molar-refractivity contribution in [3.63, 3.8) is 0 Å². The highest BCUT2D eigenvalue weighted by molar-refractivity contribution is 6.31. The van der Waals surface area contributed by atoms with Gasteiger partial charge in [0.25, 0.3) is 0 Å². The van der Waals surface area contributed by atoms with E-state index in [9.17, 15) is 10.2 Å². The lowest BCUT2D eigenvalue weighted by Crippen LogP contribution is -2.57. The molecule has 1 aromatic heterocycles. The number of hydrogen-bond donors (Lipinski definition) is 3. The predicted octanol–water partition coefficient (Wildman–Crippen LogP) is -1.40.